The molecule has 1 aromatic carbocycles. The molecule has 3 nitrogen and oxygen atoms in total. The minimum Gasteiger partial charge on any atom is -0.333 e. The fraction of sp³-hybridized carbons (Fsp3) is 0.500. The summed E-state index contributed by atoms with van der Waals surface area (Å²) in [5, 5.41) is 4.46. The van der Waals surface area contributed by atoms with E-state index in [9.17, 15) is 0 Å². The third kappa shape index (κ3) is 4.03. The zero-order chi connectivity index (χ0) is 12.6. The lowest BCUT2D eigenvalue weighted by atomic mass is 10.3. The van der Waals surface area contributed by atoms with E-state index in [1.807, 2.05) is 30.0 Å². The van der Waals surface area contributed by atoms with Crippen LogP contribution in [0, 0.1) is 0 Å². The average molecular weight is 263 g/mol. The van der Waals surface area contributed by atoms with Gasteiger partial charge in [0, 0.05) is 5.75 Å². The van der Waals surface area contributed by atoms with Crippen LogP contribution in [0.2, 0.25) is 0 Å². The summed E-state index contributed by atoms with van der Waals surface area (Å²) in [4.78, 5) is 7.89. The van der Waals surface area contributed by atoms with Gasteiger partial charge in [-0.15, -0.1) is 0 Å². The average Bonchev–Trinajstić information content (AvgIpc) is 2.80. The first-order valence-corrected chi connectivity index (χ1v) is 7.67. The van der Waals surface area contributed by atoms with Crippen LogP contribution in [-0.2, 0) is 0 Å². The number of aromatic amines is 1. The van der Waals surface area contributed by atoms with Crippen molar-refractivity contribution in [2.45, 2.75) is 31.3 Å². The van der Waals surface area contributed by atoms with Gasteiger partial charge in [0.1, 0.15) is 0 Å². The Balaban J connectivity index is 1.67. The standard InChI is InChI=1S/C14H21N3S/c1-2-9-15-10-5-6-11-18-14-16-12-7-3-4-8-13(12)17-14/h3-4,7-8,15H,2,5-6,9-11H2,1H3,(H,16,17). The number of aromatic nitrogens is 2. The Labute approximate surface area is 113 Å². The first kappa shape index (κ1) is 13.4. The van der Waals surface area contributed by atoms with Gasteiger partial charge in [-0.05, 0) is 44.5 Å². The highest BCUT2D eigenvalue weighted by Gasteiger charge is 2.01. The quantitative estimate of drug-likeness (QED) is 0.566. The van der Waals surface area contributed by atoms with Gasteiger partial charge in [0.15, 0.2) is 5.16 Å². The number of unbranched alkanes of at least 4 members (excludes halogenated alkanes) is 1. The number of nitrogens with zero attached hydrogens (tertiary/aromatic N) is 1. The molecule has 0 aliphatic rings. The van der Waals surface area contributed by atoms with Crippen molar-refractivity contribution in [2.75, 3.05) is 18.8 Å². The molecule has 0 bridgehead atoms. The van der Waals surface area contributed by atoms with Gasteiger partial charge in [0.25, 0.3) is 0 Å². The van der Waals surface area contributed by atoms with Crippen LogP contribution in [0.25, 0.3) is 11.0 Å². The summed E-state index contributed by atoms with van der Waals surface area (Å²) in [5.74, 6) is 1.13. The number of H-pyrrole nitrogens is 1. The molecule has 2 aromatic rings. The van der Waals surface area contributed by atoms with E-state index in [4.69, 9.17) is 0 Å². The summed E-state index contributed by atoms with van der Waals surface area (Å²) in [5.41, 5.74) is 2.19. The Kier molecular flexibility index (Phi) is 5.55. The summed E-state index contributed by atoms with van der Waals surface area (Å²) in [6.45, 7) is 4.47. The van der Waals surface area contributed by atoms with Crippen LogP contribution < -0.4 is 5.32 Å². The number of nitrogens with one attached hydrogen (secondary N) is 2. The molecule has 0 spiro atoms. The van der Waals surface area contributed by atoms with Crippen LogP contribution in [0.4, 0.5) is 0 Å². The molecule has 0 fully saturated rings. The molecule has 4 heteroatoms. The van der Waals surface area contributed by atoms with Crippen LogP contribution >= 0.6 is 11.8 Å². The van der Waals surface area contributed by atoms with Crippen molar-refractivity contribution >= 4 is 22.8 Å². The van der Waals surface area contributed by atoms with Gasteiger partial charge in [0.05, 0.1) is 11.0 Å². The molecule has 0 aliphatic carbocycles. The van der Waals surface area contributed by atoms with Crippen LogP contribution in [0.3, 0.4) is 0 Å². The van der Waals surface area contributed by atoms with E-state index >= 15 is 0 Å². The van der Waals surface area contributed by atoms with Crippen LogP contribution in [0.1, 0.15) is 26.2 Å². The number of thioether (sulfide) groups is 1. The van der Waals surface area contributed by atoms with Gasteiger partial charge in [-0.1, -0.05) is 30.8 Å². The Hall–Kier alpha value is -1.00. The number of rotatable bonds is 8. The predicted octanol–water partition coefficient (Wildman–Crippen LogP) is 3.43. The Morgan fingerprint density at radius 2 is 2.11 bits per heavy atom. The summed E-state index contributed by atoms with van der Waals surface area (Å²) in [6, 6.07) is 8.18. The summed E-state index contributed by atoms with van der Waals surface area (Å²) >= 11 is 1.82. The van der Waals surface area contributed by atoms with E-state index in [0.29, 0.717) is 0 Å². The lowest BCUT2D eigenvalue weighted by molar-refractivity contribution is 0.635. The van der Waals surface area contributed by atoms with Gasteiger partial charge in [0.2, 0.25) is 0 Å². The lowest BCUT2D eigenvalue weighted by Gasteiger charge is -2.01. The van der Waals surface area contributed by atoms with Gasteiger partial charge in [-0.25, -0.2) is 4.98 Å². The van der Waals surface area contributed by atoms with Crippen molar-refractivity contribution in [3.63, 3.8) is 0 Å². The molecule has 0 amide bonds. The number of imidazole rings is 1. The summed E-state index contributed by atoms with van der Waals surface area (Å²) in [6.07, 6.45) is 3.69. The van der Waals surface area contributed by atoms with Gasteiger partial charge >= 0.3 is 0 Å². The first-order chi connectivity index (χ1) is 8.90. The first-order valence-electron chi connectivity index (χ1n) is 6.68. The third-order valence-electron chi connectivity index (χ3n) is 2.78. The molecule has 0 saturated heterocycles. The van der Waals surface area contributed by atoms with Gasteiger partial charge < -0.3 is 10.3 Å². The van der Waals surface area contributed by atoms with Crippen LogP contribution in [-0.4, -0.2) is 28.8 Å². The minimum absolute atomic E-state index is 1.04. The molecule has 0 saturated carbocycles. The molecule has 98 valence electrons. The molecule has 0 unspecified atom stereocenters. The van der Waals surface area contributed by atoms with E-state index in [0.717, 1.165) is 35.0 Å². The van der Waals surface area contributed by atoms with Crippen LogP contribution in [0.5, 0.6) is 0 Å². The second kappa shape index (κ2) is 7.44. The maximum Gasteiger partial charge on any atom is 0.166 e. The molecule has 1 heterocycles. The zero-order valence-corrected chi connectivity index (χ0v) is 11.7. The van der Waals surface area contributed by atoms with Crippen molar-refractivity contribution < 1.29 is 0 Å². The Bertz CT molecular complexity index is 434. The fourth-order valence-electron chi connectivity index (χ4n) is 1.82. The van der Waals surface area contributed by atoms with Crippen molar-refractivity contribution in [3.05, 3.63) is 24.3 Å². The van der Waals surface area contributed by atoms with E-state index in [1.54, 1.807) is 0 Å². The van der Waals surface area contributed by atoms with Crippen molar-refractivity contribution in [3.8, 4) is 0 Å². The normalized spacial score (nSPS) is 11.2. The number of hydrogen-bond donors (Lipinski definition) is 2. The zero-order valence-electron chi connectivity index (χ0n) is 10.9. The van der Waals surface area contributed by atoms with Crippen molar-refractivity contribution in [2.24, 2.45) is 0 Å². The summed E-state index contributed by atoms with van der Waals surface area (Å²) < 4.78 is 0. The molecule has 1 aromatic heterocycles. The lowest BCUT2D eigenvalue weighted by Crippen LogP contribution is -2.15. The molecule has 0 radical (unpaired) electrons. The largest absolute Gasteiger partial charge is 0.333 e. The number of benzene rings is 1. The number of para-hydroxylation sites is 2. The van der Waals surface area contributed by atoms with E-state index < -0.39 is 0 Å². The van der Waals surface area contributed by atoms with E-state index in [-0.39, 0.29) is 0 Å². The molecule has 18 heavy (non-hydrogen) atoms. The second-order valence-electron chi connectivity index (χ2n) is 4.36. The highest BCUT2D eigenvalue weighted by atomic mass is 32.2. The maximum atomic E-state index is 4.55. The number of hydrogen-bond acceptors (Lipinski definition) is 3. The molecule has 2 N–H and O–H groups in total. The van der Waals surface area contributed by atoms with Crippen molar-refractivity contribution in [1.29, 1.82) is 0 Å². The Morgan fingerprint density at radius 1 is 1.22 bits per heavy atom. The molecule has 2 rings (SSSR count). The predicted molar refractivity (Wildman–Crippen MR) is 79.2 cm³/mol. The molecule has 0 aliphatic heterocycles. The minimum atomic E-state index is 1.04. The Morgan fingerprint density at radius 3 is 2.94 bits per heavy atom. The van der Waals surface area contributed by atoms with Gasteiger partial charge in [-0.2, -0.15) is 0 Å². The SMILES string of the molecule is CCCNCCCCSc1nc2ccccc2[nH]1. The fourth-order valence-corrected chi connectivity index (χ4v) is 2.71. The van der Waals surface area contributed by atoms with Crippen molar-refractivity contribution in [1.82, 2.24) is 15.3 Å². The second-order valence-corrected chi connectivity index (χ2v) is 5.45. The van der Waals surface area contributed by atoms with Crippen LogP contribution in [0.15, 0.2) is 29.4 Å². The topological polar surface area (TPSA) is 40.7 Å². The maximum absolute atomic E-state index is 4.55. The van der Waals surface area contributed by atoms with E-state index in [2.05, 4.69) is 28.3 Å². The number of fused-ring (bicyclic) bond motifs is 1. The smallest absolute Gasteiger partial charge is 0.166 e. The summed E-state index contributed by atoms with van der Waals surface area (Å²) in [7, 11) is 0. The molecule has 0 atom stereocenters. The highest BCUT2D eigenvalue weighted by molar-refractivity contribution is 7.99. The molecular formula is C14H21N3S. The van der Waals surface area contributed by atoms with E-state index in [1.165, 1.54) is 19.3 Å². The third-order valence-corrected chi connectivity index (χ3v) is 3.74. The monoisotopic (exact) mass is 263 g/mol. The van der Waals surface area contributed by atoms with Gasteiger partial charge in [-0.3, -0.25) is 0 Å². The molecular weight excluding hydrogens is 242 g/mol. The highest BCUT2D eigenvalue weighted by Crippen LogP contribution is 2.19.